The molecular weight excluding hydrogens is 334 g/mol. The molecule has 1 aliphatic rings. The third-order valence-electron chi connectivity index (χ3n) is 4.72. The van der Waals surface area contributed by atoms with E-state index < -0.39 is 18.0 Å². The van der Waals surface area contributed by atoms with E-state index in [0.29, 0.717) is 24.9 Å². The molecule has 7 heteroatoms. The molecule has 3 rings (SSSR count). The molecule has 1 aromatic heterocycles. The first kappa shape index (κ1) is 18.6. The summed E-state index contributed by atoms with van der Waals surface area (Å²) in [4.78, 5) is 26.1. The second-order valence-corrected chi connectivity index (χ2v) is 6.55. The van der Waals surface area contributed by atoms with Gasteiger partial charge in [-0.3, -0.25) is 14.3 Å². The number of ether oxygens (including phenoxy) is 1. The van der Waals surface area contributed by atoms with Gasteiger partial charge in [-0.1, -0.05) is 37.3 Å². The second kappa shape index (κ2) is 8.44. The monoisotopic (exact) mass is 359 g/mol. The van der Waals surface area contributed by atoms with Crippen molar-refractivity contribution in [1.29, 1.82) is 0 Å². The summed E-state index contributed by atoms with van der Waals surface area (Å²) in [7, 11) is 0. The van der Waals surface area contributed by atoms with Crippen molar-refractivity contribution < 1.29 is 9.84 Å². The van der Waals surface area contributed by atoms with E-state index in [1.165, 1.54) is 16.3 Å². The van der Waals surface area contributed by atoms with Crippen LogP contribution in [0, 0.1) is 0 Å². The Labute approximate surface area is 151 Å². The average molecular weight is 359 g/mol. The minimum atomic E-state index is -0.659. The molecule has 1 saturated heterocycles. The Hall–Kier alpha value is -2.22. The van der Waals surface area contributed by atoms with Crippen LogP contribution < -0.4 is 16.6 Å². The van der Waals surface area contributed by atoms with Gasteiger partial charge >= 0.3 is 5.69 Å². The number of rotatable bonds is 7. The maximum atomic E-state index is 12.1. The number of nitrogens with zero attached hydrogens (tertiary/aromatic N) is 1. The molecule has 140 valence electrons. The predicted octanol–water partition coefficient (Wildman–Crippen LogP) is 0.580. The van der Waals surface area contributed by atoms with Crippen LogP contribution in [-0.4, -0.2) is 40.0 Å². The minimum Gasteiger partial charge on any atom is -0.390 e. The molecule has 0 radical (unpaired) electrons. The molecule has 26 heavy (non-hydrogen) atoms. The second-order valence-electron chi connectivity index (χ2n) is 6.55. The lowest BCUT2D eigenvalue weighted by molar-refractivity contribution is -0.0192. The summed E-state index contributed by atoms with van der Waals surface area (Å²) in [5, 5.41) is 13.6. The maximum absolute atomic E-state index is 12.1. The lowest BCUT2D eigenvalue weighted by Crippen LogP contribution is -2.36. The van der Waals surface area contributed by atoms with Crippen LogP contribution in [0.5, 0.6) is 0 Å². The van der Waals surface area contributed by atoms with Crippen LogP contribution in [0.15, 0.2) is 46.1 Å². The van der Waals surface area contributed by atoms with Gasteiger partial charge in [0, 0.05) is 24.7 Å². The fourth-order valence-corrected chi connectivity index (χ4v) is 3.18. The molecule has 2 heterocycles. The topological polar surface area (TPSA) is 96.3 Å². The third kappa shape index (κ3) is 4.30. The summed E-state index contributed by atoms with van der Waals surface area (Å²) in [5.74, 6) is 0. The lowest BCUT2D eigenvalue weighted by Gasteiger charge is -2.17. The Morgan fingerprint density at radius 2 is 2.08 bits per heavy atom. The number of hydrogen-bond donors (Lipinski definition) is 3. The largest absolute Gasteiger partial charge is 0.390 e. The first-order valence-corrected chi connectivity index (χ1v) is 9.01. The first-order chi connectivity index (χ1) is 12.6. The molecule has 1 unspecified atom stereocenters. The Balaban J connectivity index is 1.56. The molecule has 3 atom stereocenters. The van der Waals surface area contributed by atoms with E-state index in [-0.39, 0.29) is 11.7 Å². The minimum absolute atomic E-state index is 0.320. The number of benzene rings is 1. The van der Waals surface area contributed by atoms with Crippen molar-refractivity contribution in [2.24, 2.45) is 0 Å². The van der Waals surface area contributed by atoms with Gasteiger partial charge in [-0.15, -0.1) is 0 Å². The molecule has 3 N–H and O–H groups in total. The molecule has 0 amide bonds. The van der Waals surface area contributed by atoms with E-state index in [2.05, 4.69) is 22.4 Å². The maximum Gasteiger partial charge on any atom is 0.330 e. The van der Waals surface area contributed by atoms with Crippen molar-refractivity contribution in [3.05, 3.63) is 68.5 Å². The highest BCUT2D eigenvalue weighted by Gasteiger charge is 2.35. The highest BCUT2D eigenvalue weighted by Crippen LogP contribution is 2.27. The van der Waals surface area contributed by atoms with Crippen molar-refractivity contribution in [2.75, 3.05) is 13.1 Å². The van der Waals surface area contributed by atoms with E-state index in [1.54, 1.807) is 0 Å². The van der Waals surface area contributed by atoms with E-state index >= 15 is 0 Å². The van der Waals surface area contributed by atoms with Gasteiger partial charge in [0.2, 0.25) is 0 Å². The Morgan fingerprint density at radius 3 is 2.81 bits per heavy atom. The fourth-order valence-electron chi connectivity index (χ4n) is 3.18. The summed E-state index contributed by atoms with van der Waals surface area (Å²) >= 11 is 0. The van der Waals surface area contributed by atoms with Gasteiger partial charge in [0.05, 0.1) is 12.2 Å². The molecule has 7 nitrogen and oxygen atoms in total. The molecule has 1 aliphatic heterocycles. The summed E-state index contributed by atoms with van der Waals surface area (Å²) in [5.41, 5.74) is 0.887. The van der Waals surface area contributed by atoms with Gasteiger partial charge in [0.1, 0.15) is 6.23 Å². The van der Waals surface area contributed by atoms with Crippen LogP contribution >= 0.6 is 0 Å². The summed E-state index contributed by atoms with van der Waals surface area (Å²) < 4.78 is 7.23. The van der Waals surface area contributed by atoms with Crippen LogP contribution in [0.3, 0.4) is 0 Å². The van der Waals surface area contributed by atoms with Gasteiger partial charge in [-0.05, 0) is 24.9 Å². The van der Waals surface area contributed by atoms with Gasteiger partial charge in [0.25, 0.3) is 5.56 Å². The zero-order chi connectivity index (χ0) is 18.5. The quantitative estimate of drug-likeness (QED) is 0.629. The number of aryl methyl sites for hydroxylation is 1. The highest BCUT2D eigenvalue weighted by atomic mass is 16.5. The van der Waals surface area contributed by atoms with E-state index in [9.17, 15) is 14.7 Å². The molecule has 0 aliphatic carbocycles. The molecule has 0 bridgehead atoms. The number of aliphatic hydroxyl groups excluding tert-OH is 1. The van der Waals surface area contributed by atoms with Gasteiger partial charge in [0.15, 0.2) is 0 Å². The number of aliphatic hydroxyl groups is 1. The molecular formula is C19H25N3O4. The summed E-state index contributed by atoms with van der Waals surface area (Å²) in [6.07, 6.45) is 1.65. The van der Waals surface area contributed by atoms with Crippen LogP contribution in [0.4, 0.5) is 0 Å². The van der Waals surface area contributed by atoms with Crippen molar-refractivity contribution in [3.63, 3.8) is 0 Å². The number of H-pyrrole nitrogens is 1. The third-order valence-corrected chi connectivity index (χ3v) is 4.72. The van der Waals surface area contributed by atoms with Crippen LogP contribution in [0.1, 0.15) is 30.7 Å². The zero-order valence-electron chi connectivity index (χ0n) is 14.9. The van der Waals surface area contributed by atoms with Crippen LogP contribution in [0.2, 0.25) is 0 Å². The smallest absolute Gasteiger partial charge is 0.330 e. The van der Waals surface area contributed by atoms with Gasteiger partial charge < -0.3 is 15.2 Å². The van der Waals surface area contributed by atoms with Crippen molar-refractivity contribution >= 4 is 0 Å². The van der Waals surface area contributed by atoms with Crippen molar-refractivity contribution in [3.8, 4) is 0 Å². The van der Waals surface area contributed by atoms with Crippen LogP contribution in [-0.2, 0) is 17.6 Å². The Kier molecular flexibility index (Phi) is 6.03. The standard InChI is InChI=1S/C19H25N3O4/c1-2-14-12-22(19(25)21-18(14)24)17-10-15(23)16(26-17)11-20-9-8-13-6-4-3-5-7-13/h3-7,12,15-17,20,23H,2,8-11H2,1H3,(H,21,24,25)/t15?,16-,17-/m0/s1. The lowest BCUT2D eigenvalue weighted by atomic mass is 10.1. The highest BCUT2D eigenvalue weighted by molar-refractivity contribution is 5.14. The molecule has 0 spiro atoms. The van der Waals surface area contributed by atoms with Crippen molar-refractivity contribution in [1.82, 2.24) is 14.9 Å². The zero-order valence-corrected chi connectivity index (χ0v) is 14.9. The Morgan fingerprint density at radius 1 is 1.31 bits per heavy atom. The predicted molar refractivity (Wildman–Crippen MR) is 98.3 cm³/mol. The molecule has 0 saturated carbocycles. The summed E-state index contributed by atoms with van der Waals surface area (Å²) in [6, 6.07) is 10.2. The van der Waals surface area contributed by atoms with Gasteiger partial charge in [-0.2, -0.15) is 0 Å². The average Bonchev–Trinajstić information content (AvgIpc) is 3.00. The number of aromatic amines is 1. The molecule has 1 fully saturated rings. The normalized spacial score (nSPS) is 22.6. The van der Waals surface area contributed by atoms with Gasteiger partial charge in [-0.25, -0.2) is 4.79 Å². The number of hydrogen-bond acceptors (Lipinski definition) is 5. The first-order valence-electron chi connectivity index (χ1n) is 9.01. The Bertz CT molecular complexity index is 831. The number of nitrogens with one attached hydrogen (secondary N) is 2. The molecule has 1 aromatic carbocycles. The van der Waals surface area contributed by atoms with Crippen molar-refractivity contribution in [2.45, 2.75) is 44.6 Å². The number of aromatic nitrogens is 2. The molecule has 2 aromatic rings. The van der Waals surface area contributed by atoms with Crippen LogP contribution in [0.25, 0.3) is 0 Å². The summed E-state index contributed by atoms with van der Waals surface area (Å²) in [6.45, 7) is 3.13. The fraction of sp³-hybridized carbons (Fsp3) is 0.474. The van der Waals surface area contributed by atoms with E-state index in [1.807, 2.05) is 25.1 Å². The van der Waals surface area contributed by atoms with E-state index in [4.69, 9.17) is 4.74 Å². The SMILES string of the molecule is CCc1cn([C@@H]2CC(O)[C@H](CNCCc3ccccc3)O2)c(=O)[nH]c1=O. The van der Waals surface area contributed by atoms with E-state index in [0.717, 1.165) is 13.0 Å².